The van der Waals surface area contributed by atoms with Crippen molar-refractivity contribution < 1.29 is 5.11 Å². The molecule has 80 valence electrons. The molecule has 0 aliphatic rings. The molecule has 0 aliphatic heterocycles. The highest BCUT2D eigenvalue weighted by molar-refractivity contribution is 9.11. The van der Waals surface area contributed by atoms with Gasteiger partial charge in [0.2, 0.25) is 0 Å². The van der Waals surface area contributed by atoms with Gasteiger partial charge in [-0.25, -0.2) is 4.98 Å². The van der Waals surface area contributed by atoms with Crippen LogP contribution in [0, 0.1) is 0 Å². The zero-order valence-corrected chi connectivity index (χ0v) is 10.2. The van der Waals surface area contributed by atoms with Gasteiger partial charge in [-0.1, -0.05) is 0 Å². The molecule has 5 nitrogen and oxygen atoms in total. The van der Waals surface area contributed by atoms with Crippen molar-refractivity contribution in [1.82, 2.24) is 19.6 Å². The van der Waals surface area contributed by atoms with Crippen LogP contribution in [0.3, 0.4) is 0 Å². The van der Waals surface area contributed by atoms with Crippen LogP contribution in [0.4, 0.5) is 0 Å². The lowest BCUT2D eigenvalue weighted by molar-refractivity contribution is 0.411. The van der Waals surface area contributed by atoms with Gasteiger partial charge in [0.15, 0.2) is 5.65 Å². The van der Waals surface area contributed by atoms with Crippen LogP contribution in [-0.2, 0) is 0 Å². The molecule has 0 bridgehead atoms. The maximum Gasteiger partial charge on any atom is 0.318 e. The van der Waals surface area contributed by atoms with Gasteiger partial charge < -0.3 is 5.11 Å². The Balaban J connectivity index is 2.34. The molecule has 0 radical (unpaired) electrons. The predicted molar refractivity (Wildman–Crippen MR) is 63.5 cm³/mol. The van der Waals surface area contributed by atoms with Gasteiger partial charge in [0.25, 0.3) is 0 Å². The minimum atomic E-state index is -0.164. The Morgan fingerprint density at radius 2 is 2.19 bits per heavy atom. The molecule has 7 heteroatoms. The summed E-state index contributed by atoms with van der Waals surface area (Å²) in [5.74, 6) is 0. The number of aromatic hydroxyl groups is 1. The molecule has 0 aromatic carbocycles. The highest BCUT2D eigenvalue weighted by Crippen LogP contribution is 2.34. The Morgan fingerprint density at radius 1 is 1.31 bits per heavy atom. The average Bonchev–Trinajstić information content (AvgIpc) is 2.84. The third-order valence-electron chi connectivity index (χ3n) is 2.19. The Morgan fingerprint density at radius 3 is 2.94 bits per heavy atom. The summed E-state index contributed by atoms with van der Waals surface area (Å²) < 4.78 is 2.32. The lowest BCUT2D eigenvalue weighted by Gasteiger charge is -1.97. The first-order valence-corrected chi connectivity index (χ1v) is 6.05. The maximum atomic E-state index is 9.49. The van der Waals surface area contributed by atoms with E-state index >= 15 is 0 Å². The fraction of sp³-hybridized carbons (Fsp3) is 0. The van der Waals surface area contributed by atoms with E-state index in [0.717, 1.165) is 14.9 Å². The van der Waals surface area contributed by atoms with Crippen molar-refractivity contribution in [3.63, 3.8) is 0 Å². The van der Waals surface area contributed by atoms with Crippen molar-refractivity contribution in [3.8, 4) is 17.1 Å². The molecule has 0 aliphatic carbocycles. The second-order valence-electron chi connectivity index (χ2n) is 3.08. The van der Waals surface area contributed by atoms with Crippen LogP contribution >= 0.6 is 27.3 Å². The van der Waals surface area contributed by atoms with Gasteiger partial charge in [-0.3, -0.25) is 0 Å². The molecule has 3 rings (SSSR count). The van der Waals surface area contributed by atoms with E-state index in [1.165, 1.54) is 10.8 Å². The van der Waals surface area contributed by atoms with Crippen LogP contribution in [-0.4, -0.2) is 24.7 Å². The van der Waals surface area contributed by atoms with E-state index in [4.69, 9.17) is 0 Å². The van der Waals surface area contributed by atoms with Crippen molar-refractivity contribution in [3.05, 3.63) is 27.8 Å². The molecule has 3 aromatic heterocycles. The Kier molecular flexibility index (Phi) is 2.15. The number of nitrogens with zero attached hydrogens (tertiary/aromatic N) is 4. The molecule has 0 saturated carbocycles. The molecule has 0 spiro atoms. The predicted octanol–water partition coefficient (Wildman–Crippen LogP) is 2.32. The largest absolute Gasteiger partial charge is 0.479 e. The highest BCUT2D eigenvalue weighted by atomic mass is 79.9. The van der Waals surface area contributed by atoms with Crippen molar-refractivity contribution >= 4 is 32.9 Å². The molecule has 16 heavy (non-hydrogen) atoms. The first-order chi connectivity index (χ1) is 7.77. The van der Waals surface area contributed by atoms with Gasteiger partial charge in [-0.2, -0.15) is 14.6 Å². The minimum absolute atomic E-state index is 0.164. The fourth-order valence-corrected chi connectivity index (χ4v) is 2.78. The van der Waals surface area contributed by atoms with Crippen LogP contribution in [0.5, 0.6) is 6.01 Å². The quantitative estimate of drug-likeness (QED) is 0.748. The van der Waals surface area contributed by atoms with Gasteiger partial charge in [0, 0.05) is 11.1 Å². The Hall–Kier alpha value is -1.47. The summed E-state index contributed by atoms with van der Waals surface area (Å²) in [5.41, 5.74) is 2.47. The second-order valence-corrected chi connectivity index (χ2v) is 5.31. The van der Waals surface area contributed by atoms with E-state index in [-0.39, 0.29) is 6.01 Å². The van der Waals surface area contributed by atoms with Crippen molar-refractivity contribution in [2.24, 2.45) is 0 Å². The van der Waals surface area contributed by atoms with E-state index in [1.54, 1.807) is 17.5 Å². The van der Waals surface area contributed by atoms with Crippen LogP contribution in [0.25, 0.3) is 16.8 Å². The number of halogens is 1. The summed E-state index contributed by atoms with van der Waals surface area (Å²) in [7, 11) is 0. The van der Waals surface area contributed by atoms with E-state index in [2.05, 4.69) is 31.0 Å². The Labute approximate surface area is 103 Å². The monoisotopic (exact) mass is 296 g/mol. The number of aromatic nitrogens is 4. The van der Waals surface area contributed by atoms with Gasteiger partial charge in [0.1, 0.15) is 6.33 Å². The van der Waals surface area contributed by atoms with E-state index < -0.39 is 0 Å². The van der Waals surface area contributed by atoms with E-state index in [9.17, 15) is 5.11 Å². The summed E-state index contributed by atoms with van der Waals surface area (Å²) in [6, 6.07) is 1.81. The van der Waals surface area contributed by atoms with Crippen molar-refractivity contribution in [2.45, 2.75) is 0 Å². The third-order valence-corrected chi connectivity index (χ3v) is 3.88. The Bertz CT molecular complexity index is 662. The fourth-order valence-electron chi connectivity index (χ4n) is 1.48. The normalized spacial score (nSPS) is 11.1. The van der Waals surface area contributed by atoms with E-state index in [0.29, 0.717) is 5.65 Å². The van der Waals surface area contributed by atoms with Crippen LogP contribution in [0.1, 0.15) is 0 Å². The van der Waals surface area contributed by atoms with Gasteiger partial charge in [0.05, 0.1) is 9.98 Å². The summed E-state index contributed by atoms with van der Waals surface area (Å²) in [4.78, 5) is 7.77. The molecule has 0 atom stereocenters. The van der Waals surface area contributed by atoms with Crippen LogP contribution < -0.4 is 0 Å². The van der Waals surface area contributed by atoms with Crippen LogP contribution in [0.15, 0.2) is 27.8 Å². The number of hydrogen-bond donors (Lipinski definition) is 1. The zero-order valence-electron chi connectivity index (χ0n) is 7.83. The molecular weight excluding hydrogens is 292 g/mol. The lowest BCUT2D eigenvalue weighted by atomic mass is 10.2. The highest BCUT2D eigenvalue weighted by Gasteiger charge is 2.13. The number of fused-ring (bicyclic) bond motifs is 1. The standard InChI is InChI=1S/C9H5BrN4OS/c10-7-5(1-2-16-7)6-3-13-14-8(6)11-4-12-9(14)15/h1-4H,(H,11,12,15). The van der Waals surface area contributed by atoms with Gasteiger partial charge in [-0.05, 0) is 27.4 Å². The summed E-state index contributed by atoms with van der Waals surface area (Å²) in [6.07, 6.45) is 2.98. The SMILES string of the molecule is Oc1ncnc2c(-c3ccsc3Br)cnn12. The first-order valence-electron chi connectivity index (χ1n) is 4.38. The molecule has 1 N–H and O–H groups in total. The smallest absolute Gasteiger partial charge is 0.318 e. The molecule has 0 amide bonds. The summed E-state index contributed by atoms with van der Waals surface area (Å²) in [5, 5.41) is 15.5. The average molecular weight is 297 g/mol. The minimum Gasteiger partial charge on any atom is -0.479 e. The number of hydrogen-bond acceptors (Lipinski definition) is 5. The lowest BCUT2D eigenvalue weighted by Crippen LogP contribution is -1.93. The second kappa shape index (κ2) is 3.53. The maximum absolute atomic E-state index is 9.49. The number of rotatable bonds is 1. The molecule has 3 aromatic rings. The topological polar surface area (TPSA) is 63.3 Å². The van der Waals surface area contributed by atoms with Gasteiger partial charge >= 0.3 is 6.01 Å². The number of thiophene rings is 1. The summed E-state index contributed by atoms with van der Waals surface area (Å²) >= 11 is 5.06. The van der Waals surface area contributed by atoms with Gasteiger partial charge in [-0.15, -0.1) is 11.3 Å². The van der Waals surface area contributed by atoms with E-state index in [1.807, 2.05) is 11.4 Å². The first kappa shape index (κ1) is 9.73. The zero-order chi connectivity index (χ0) is 11.1. The molecule has 0 saturated heterocycles. The molecule has 0 fully saturated rings. The molecule has 0 unspecified atom stereocenters. The van der Waals surface area contributed by atoms with Crippen molar-refractivity contribution in [1.29, 1.82) is 0 Å². The molecular formula is C9H5BrN4OS. The van der Waals surface area contributed by atoms with Crippen LogP contribution in [0.2, 0.25) is 0 Å². The molecule has 3 heterocycles. The summed E-state index contributed by atoms with van der Waals surface area (Å²) in [6.45, 7) is 0. The van der Waals surface area contributed by atoms with Crippen molar-refractivity contribution in [2.75, 3.05) is 0 Å². The third kappa shape index (κ3) is 1.32.